The smallest absolute Gasteiger partial charge is 0.173 e. The Kier molecular flexibility index (Phi) is 4.47. The third-order valence-corrected chi connectivity index (χ3v) is 3.63. The first-order chi connectivity index (χ1) is 9.19. The van der Waals surface area contributed by atoms with Gasteiger partial charge in [-0.3, -0.25) is 4.79 Å². The Labute approximate surface area is 116 Å². The predicted octanol–water partition coefficient (Wildman–Crippen LogP) is 3.25. The van der Waals surface area contributed by atoms with Gasteiger partial charge in [-0.1, -0.05) is 6.07 Å². The van der Waals surface area contributed by atoms with Gasteiger partial charge in [-0.25, -0.2) is 0 Å². The third kappa shape index (κ3) is 3.76. The van der Waals surface area contributed by atoms with Crippen LogP contribution >= 0.6 is 11.8 Å². The van der Waals surface area contributed by atoms with Gasteiger partial charge in [0.2, 0.25) is 0 Å². The maximum atomic E-state index is 12.0. The van der Waals surface area contributed by atoms with Crippen molar-refractivity contribution in [2.24, 2.45) is 0 Å². The number of hydrogen-bond acceptors (Lipinski definition) is 4. The summed E-state index contributed by atoms with van der Waals surface area (Å²) in [6, 6.07) is 14.7. The minimum absolute atomic E-state index is 0.0927. The van der Waals surface area contributed by atoms with E-state index < -0.39 is 0 Å². The summed E-state index contributed by atoms with van der Waals surface area (Å²) in [5, 5.41) is 0. The van der Waals surface area contributed by atoms with Gasteiger partial charge in [0.15, 0.2) is 5.78 Å². The Hall–Kier alpha value is -1.94. The van der Waals surface area contributed by atoms with Gasteiger partial charge >= 0.3 is 0 Å². The van der Waals surface area contributed by atoms with Crippen LogP contribution in [-0.2, 0) is 0 Å². The van der Waals surface area contributed by atoms with Crippen molar-refractivity contribution in [3.05, 3.63) is 54.1 Å². The van der Waals surface area contributed by atoms with E-state index in [-0.39, 0.29) is 5.78 Å². The van der Waals surface area contributed by atoms with Crippen LogP contribution in [0.25, 0.3) is 0 Å². The van der Waals surface area contributed by atoms with Crippen molar-refractivity contribution in [1.82, 2.24) is 0 Å². The van der Waals surface area contributed by atoms with Gasteiger partial charge in [0.05, 0.1) is 12.9 Å². The molecule has 4 heteroatoms. The van der Waals surface area contributed by atoms with Crippen LogP contribution in [0.15, 0.2) is 53.4 Å². The SMILES string of the molecule is COc1ccc(C(=O)CSc2cccc(N)c2)cc1. The summed E-state index contributed by atoms with van der Waals surface area (Å²) < 4.78 is 5.06. The second-order valence-electron chi connectivity index (χ2n) is 4.01. The molecule has 0 fully saturated rings. The van der Waals surface area contributed by atoms with E-state index in [0.717, 1.165) is 10.6 Å². The van der Waals surface area contributed by atoms with Crippen LogP contribution in [0.1, 0.15) is 10.4 Å². The Morgan fingerprint density at radius 1 is 1.21 bits per heavy atom. The van der Waals surface area contributed by atoms with Gasteiger partial charge in [-0.05, 0) is 42.5 Å². The first kappa shape index (κ1) is 13.5. The van der Waals surface area contributed by atoms with Crippen molar-refractivity contribution in [3.8, 4) is 5.75 Å². The van der Waals surface area contributed by atoms with Gasteiger partial charge in [0, 0.05) is 16.1 Å². The average molecular weight is 273 g/mol. The topological polar surface area (TPSA) is 52.3 Å². The Morgan fingerprint density at radius 3 is 2.58 bits per heavy atom. The molecule has 0 heterocycles. The van der Waals surface area contributed by atoms with Crippen molar-refractivity contribution in [3.63, 3.8) is 0 Å². The molecule has 0 atom stereocenters. The number of nitrogen functional groups attached to an aromatic ring is 1. The number of nitrogens with two attached hydrogens (primary N) is 1. The van der Waals surface area contributed by atoms with E-state index in [1.807, 2.05) is 24.3 Å². The van der Waals surface area contributed by atoms with Crippen molar-refractivity contribution >= 4 is 23.2 Å². The normalized spacial score (nSPS) is 10.2. The van der Waals surface area contributed by atoms with Gasteiger partial charge in [-0.2, -0.15) is 0 Å². The fourth-order valence-electron chi connectivity index (χ4n) is 1.61. The zero-order valence-electron chi connectivity index (χ0n) is 10.6. The van der Waals surface area contributed by atoms with Crippen LogP contribution in [0.2, 0.25) is 0 Å². The van der Waals surface area contributed by atoms with E-state index in [1.165, 1.54) is 11.8 Å². The highest BCUT2D eigenvalue weighted by Gasteiger charge is 2.07. The van der Waals surface area contributed by atoms with Crippen molar-refractivity contribution in [1.29, 1.82) is 0 Å². The molecule has 19 heavy (non-hydrogen) atoms. The zero-order valence-corrected chi connectivity index (χ0v) is 11.4. The Balaban J connectivity index is 1.97. The monoisotopic (exact) mass is 273 g/mol. The predicted molar refractivity (Wildman–Crippen MR) is 78.9 cm³/mol. The second-order valence-corrected chi connectivity index (χ2v) is 5.06. The summed E-state index contributed by atoms with van der Waals surface area (Å²) >= 11 is 1.49. The van der Waals surface area contributed by atoms with Crippen molar-refractivity contribution in [2.75, 3.05) is 18.6 Å². The van der Waals surface area contributed by atoms with Gasteiger partial charge in [-0.15, -0.1) is 11.8 Å². The summed E-state index contributed by atoms with van der Waals surface area (Å²) in [5.74, 6) is 1.24. The number of carbonyl (C=O) groups excluding carboxylic acids is 1. The van der Waals surface area contributed by atoms with Crippen LogP contribution < -0.4 is 10.5 Å². The number of hydrogen-bond donors (Lipinski definition) is 1. The minimum atomic E-state index is 0.0927. The molecule has 2 aromatic carbocycles. The van der Waals surface area contributed by atoms with E-state index >= 15 is 0 Å². The first-order valence-electron chi connectivity index (χ1n) is 5.84. The molecule has 2 N–H and O–H groups in total. The zero-order chi connectivity index (χ0) is 13.7. The lowest BCUT2D eigenvalue weighted by Crippen LogP contribution is -2.02. The fraction of sp³-hybridized carbons (Fsp3) is 0.133. The maximum Gasteiger partial charge on any atom is 0.173 e. The summed E-state index contributed by atoms with van der Waals surface area (Å²) in [5.41, 5.74) is 7.10. The highest BCUT2D eigenvalue weighted by molar-refractivity contribution is 8.00. The van der Waals surface area contributed by atoms with Gasteiger partial charge in [0.25, 0.3) is 0 Å². The Bertz CT molecular complexity index is 567. The molecule has 0 aliphatic heterocycles. The quantitative estimate of drug-likeness (QED) is 0.516. The molecule has 0 aliphatic carbocycles. The van der Waals surface area contributed by atoms with Gasteiger partial charge < -0.3 is 10.5 Å². The van der Waals surface area contributed by atoms with Crippen LogP contribution in [0.5, 0.6) is 5.75 Å². The molecule has 2 rings (SSSR count). The standard InChI is InChI=1S/C15H15NO2S/c1-18-13-7-5-11(6-8-13)15(17)10-19-14-4-2-3-12(16)9-14/h2-9H,10,16H2,1H3. The molecule has 0 saturated carbocycles. The minimum Gasteiger partial charge on any atom is -0.497 e. The maximum absolute atomic E-state index is 12.0. The number of anilines is 1. The van der Waals surface area contributed by atoms with E-state index in [9.17, 15) is 4.79 Å². The van der Waals surface area contributed by atoms with E-state index in [1.54, 1.807) is 31.4 Å². The molecule has 0 amide bonds. The lowest BCUT2D eigenvalue weighted by Gasteiger charge is -2.04. The van der Waals surface area contributed by atoms with E-state index in [4.69, 9.17) is 10.5 Å². The highest BCUT2D eigenvalue weighted by Crippen LogP contribution is 2.21. The fourth-order valence-corrected chi connectivity index (χ4v) is 2.47. The number of carbonyl (C=O) groups is 1. The number of thioether (sulfide) groups is 1. The molecule has 0 aliphatic rings. The molecular weight excluding hydrogens is 258 g/mol. The summed E-state index contributed by atoms with van der Waals surface area (Å²) in [6.45, 7) is 0. The first-order valence-corrected chi connectivity index (χ1v) is 6.83. The molecule has 0 saturated heterocycles. The number of ketones is 1. The van der Waals surface area contributed by atoms with Crippen LogP contribution in [0.3, 0.4) is 0 Å². The van der Waals surface area contributed by atoms with Crippen molar-refractivity contribution < 1.29 is 9.53 Å². The molecule has 0 aromatic heterocycles. The van der Waals surface area contributed by atoms with E-state index in [2.05, 4.69) is 0 Å². The summed E-state index contributed by atoms with van der Waals surface area (Å²) in [4.78, 5) is 13.0. The second kappa shape index (κ2) is 6.29. The molecule has 0 unspecified atom stereocenters. The third-order valence-electron chi connectivity index (χ3n) is 2.64. The lowest BCUT2D eigenvalue weighted by atomic mass is 10.1. The van der Waals surface area contributed by atoms with Crippen LogP contribution in [0, 0.1) is 0 Å². The molecule has 0 bridgehead atoms. The highest BCUT2D eigenvalue weighted by atomic mass is 32.2. The number of ether oxygens (including phenoxy) is 1. The lowest BCUT2D eigenvalue weighted by molar-refractivity contribution is 0.102. The van der Waals surface area contributed by atoms with E-state index in [0.29, 0.717) is 17.0 Å². The summed E-state index contributed by atoms with van der Waals surface area (Å²) in [7, 11) is 1.60. The number of Topliss-reactive ketones (excluding diaryl/α,β-unsaturated/α-hetero) is 1. The Morgan fingerprint density at radius 2 is 1.95 bits per heavy atom. The number of rotatable bonds is 5. The van der Waals surface area contributed by atoms with Gasteiger partial charge in [0.1, 0.15) is 5.75 Å². The van der Waals surface area contributed by atoms with Crippen LogP contribution in [-0.4, -0.2) is 18.6 Å². The molecule has 2 aromatic rings. The molecule has 0 radical (unpaired) electrons. The molecular formula is C15H15NO2S. The molecule has 0 spiro atoms. The average Bonchev–Trinajstić information content (AvgIpc) is 2.45. The molecule has 3 nitrogen and oxygen atoms in total. The molecule has 98 valence electrons. The summed E-state index contributed by atoms with van der Waals surface area (Å²) in [6.07, 6.45) is 0. The number of benzene rings is 2. The number of methoxy groups -OCH3 is 1. The van der Waals surface area contributed by atoms with Crippen LogP contribution in [0.4, 0.5) is 5.69 Å². The largest absolute Gasteiger partial charge is 0.497 e. The van der Waals surface area contributed by atoms with Crippen molar-refractivity contribution in [2.45, 2.75) is 4.90 Å².